The molecule has 15 heteroatoms. The number of H-pyrrole nitrogens is 1. The van der Waals surface area contributed by atoms with Crippen molar-refractivity contribution in [2.45, 2.75) is 19.1 Å². The number of carboxylic acid groups (broad SMARTS) is 2. The van der Waals surface area contributed by atoms with Crippen molar-refractivity contribution in [1.82, 2.24) is 15.4 Å². The molecule has 0 saturated carbocycles. The van der Waals surface area contributed by atoms with Crippen molar-refractivity contribution in [2.75, 3.05) is 11.9 Å². The smallest absolute Gasteiger partial charge is 0.476 e. The van der Waals surface area contributed by atoms with Crippen LogP contribution in [-0.4, -0.2) is 57.1 Å². The van der Waals surface area contributed by atoms with Gasteiger partial charge in [-0.25, -0.2) is 9.59 Å². The number of aromatic nitrogens is 3. The Bertz CT molecular complexity index is 1140. The summed E-state index contributed by atoms with van der Waals surface area (Å²) in [5.74, 6) is -4.18. The van der Waals surface area contributed by atoms with Crippen molar-refractivity contribution in [3.8, 4) is 16.9 Å². The Morgan fingerprint density at radius 1 is 0.943 bits per heavy atom. The maximum absolute atomic E-state index is 12.2. The van der Waals surface area contributed by atoms with E-state index in [4.69, 9.17) is 15.0 Å². The molecule has 0 aliphatic carbocycles. The predicted octanol–water partition coefficient (Wildman–Crippen LogP) is 4.34. The number of rotatable bonds is 6. The topological polar surface area (TPSA) is 129 Å². The molecular weight excluding hydrogens is 490 g/mol. The molecular formula is C20H16F6N4O5. The number of ether oxygens (including phenoxy) is 1. The normalized spacial score (nSPS) is 11.3. The lowest BCUT2D eigenvalue weighted by atomic mass is 10.1. The highest BCUT2D eigenvalue weighted by Crippen LogP contribution is 2.28. The van der Waals surface area contributed by atoms with Crippen LogP contribution in [0, 0.1) is 0 Å². The quantitative estimate of drug-likeness (QED) is 0.422. The van der Waals surface area contributed by atoms with E-state index in [1.165, 1.54) is 24.3 Å². The molecule has 3 aromatic rings. The van der Waals surface area contributed by atoms with E-state index in [2.05, 4.69) is 20.1 Å². The summed E-state index contributed by atoms with van der Waals surface area (Å²) in [5, 5.41) is 25.8. The van der Waals surface area contributed by atoms with Gasteiger partial charge in [-0.15, -0.1) is 18.3 Å². The van der Waals surface area contributed by atoms with Crippen LogP contribution in [0.15, 0.2) is 48.5 Å². The fraction of sp³-hybridized carbons (Fsp3) is 0.200. The fourth-order valence-electron chi connectivity index (χ4n) is 2.61. The molecule has 3 N–H and O–H groups in total. The molecule has 1 aromatic heterocycles. The van der Waals surface area contributed by atoms with Gasteiger partial charge < -0.3 is 19.8 Å². The zero-order valence-corrected chi connectivity index (χ0v) is 17.6. The Kier molecular flexibility index (Phi) is 8.28. The van der Waals surface area contributed by atoms with Crippen LogP contribution < -0.4 is 9.64 Å². The summed E-state index contributed by atoms with van der Waals surface area (Å²) in [5.41, 5.74) is 2.58. The van der Waals surface area contributed by atoms with Crippen LogP contribution in [-0.2, 0) is 11.3 Å². The van der Waals surface area contributed by atoms with Gasteiger partial charge in [-0.05, 0) is 35.4 Å². The zero-order valence-electron chi connectivity index (χ0n) is 17.6. The largest absolute Gasteiger partial charge is 0.573 e. The number of aromatic carboxylic acids is 1. The molecule has 188 valence electrons. The molecule has 0 unspecified atom stereocenters. The molecule has 0 saturated heterocycles. The summed E-state index contributed by atoms with van der Waals surface area (Å²) in [6.07, 6.45) is -9.81. The number of benzene rings is 2. The second kappa shape index (κ2) is 10.8. The Morgan fingerprint density at radius 3 is 1.86 bits per heavy atom. The molecule has 0 bridgehead atoms. The molecule has 9 nitrogen and oxygen atoms in total. The van der Waals surface area contributed by atoms with Crippen LogP contribution in [0.25, 0.3) is 11.1 Å². The SMILES string of the molecule is CN(Cc1nn[nH]c1C(=O)O)c1ccc(-c2ccc(OC(F)(F)F)cc2)cc1.O=C(O)C(F)(F)F. The molecule has 0 fully saturated rings. The summed E-state index contributed by atoms with van der Waals surface area (Å²) in [6.45, 7) is 0.237. The van der Waals surface area contributed by atoms with Gasteiger partial charge in [-0.1, -0.05) is 29.5 Å². The minimum atomic E-state index is -5.08. The number of anilines is 1. The molecule has 0 radical (unpaired) electrons. The lowest BCUT2D eigenvalue weighted by molar-refractivity contribution is -0.274. The van der Waals surface area contributed by atoms with E-state index >= 15 is 0 Å². The van der Waals surface area contributed by atoms with Gasteiger partial charge in [-0.2, -0.15) is 13.2 Å². The Balaban J connectivity index is 0.000000540. The number of halogens is 6. The summed E-state index contributed by atoms with van der Waals surface area (Å²) in [7, 11) is 1.78. The fourth-order valence-corrected chi connectivity index (χ4v) is 2.61. The molecule has 0 aliphatic heterocycles. The van der Waals surface area contributed by atoms with E-state index in [1.54, 1.807) is 11.9 Å². The van der Waals surface area contributed by atoms with E-state index in [-0.39, 0.29) is 18.0 Å². The first-order valence-corrected chi connectivity index (χ1v) is 9.28. The maximum Gasteiger partial charge on any atom is 0.573 e. The number of alkyl halides is 6. The molecule has 0 atom stereocenters. The van der Waals surface area contributed by atoms with Gasteiger partial charge in [0.25, 0.3) is 0 Å². The second-order valence-corrected chi connectivity index (χ2v) is 6.72. The van der Waals surface area contributed by atoms with Crippen LogP contribution in [0.5, 0.6) is 5.75 Å². The van der Waals surface area contributed by atoms with Gasteiger partial charge in [0.2, 0.25) is 0 Å². The van der Waals surface area contributed by atoms with Crippen LogP contribution >= 0.6 is 0 Å². The molecule has 0 aliphatic rings. The van der Waals surface area contributed by atoms with Crippen LogP contribution in [0.3, 0.4) is 0 Å². The van der Waals surface area contributed by atoms with Gasteiger partial charge >= 0.3 is 24.5 Å². The number of hydrogen-bond acceptors (Lipinski definition) is 6. The molecule has 1 heterocycles. The molecule has 0 spiro atoms. The Morgan fingerprint density at radius 2 is 1.43 bits per heavy atom. The molecule has 2 aromatic carbocycles. The Hall–Kier alpha value is -4.30. The van der Waals surface area contributed by atoms with E-state index in [1.807, 2.05) is 24.3 Å². The average molecular weight is 506 g/mol. The van der Waals surface area contributed by atoms with Crippen molar-refractivity contribution in [2.24, 2.45) is 0 Å². The summed E-state index contributed by atoms with van der Waals surface area (Å²) >= 11 is 0. The summed E-state index contributed by atoms with van der Waals surface area (Å²) in [6, 6.07) is 12.8. The van der Waals surface area contributed by atoms with Crippen molar-refractivity contribution in [3.63, 3.8) is 0 Å². The first-order chi connectivity index (χ1) is 16.2. The van der Waals surface area contributed by atoms with Gasteiger partial charge in [0.15, 0.2) is 5.69 Å². The number of hydrogen-bond donors (Lipinski definition) is 3. The minimum absolute atomic E-state index is 0.0652. The highest BCUT2D eigenvalue weighted by molar-refractivity contribution is 5.86. The number of aliphatic carboxylic acids is 1. The summed E-state index contributed by atoms with van der Waals surface area (Å²) < 4.78 is 72.3. The van der Waals surface area contributed by atoms with E-state index in [0.717, 1.165) is 16.8 Å². The van der Waals surface area contributed by atoms with Crippen LogP contribution in [0.2, 0.25) is 0 Å². The molecule has 0 amide bonds. The van der Waals surface area contributed by atoms with Gasteiger partial charge in [0.05, 0.1) is 6.54 Å². The van der Waals surface area contributed by atoms with Crippen molar-refractivity contribution < 1.29 is 50.9 Å². The van der Waals surface area contributed by atoms with E-state index in [9.17, 15) is 31.1 Å². The molecule has 35 heavy (non-hydrogen) atoms. The lowest BCUT2D eigenvalue weighted by Gasteiger charge is -2.18. The first kappa shape index (κ1) is 26.9. The Labute approximate surface area is 192 Å². The highest BCUT2D eigenvalue weighted by atomic mass is 19.4. The standard InChI is InChI=1S/C18H15F3N4O3.C2HF3O2/c1-25(10-15-16(17(26)27)23-24-22-15)13-6-2-11(3-7-13)12-4-8-14(9-5-12)28-18(19,20)21;3-2(4,5)1(6)7/h2-9H,10H2,1H3,(H,26,27)(H,22,23,24);(H,6,7). The van der Waals surface area contributed by atoms with Crippen molar-refractivity contribution >= 4 is 17.6 Å². The number of carbonyl (C=O) groups is 2. The number of nitrogens with one attached hydrogen (secondary N) is 1. The number of carboxylic acids is 2. The van der Waals surface area contributed by atoms with E-state index < -0.39 is 24.5 Å². The monoisotopic (exact) mass is 506 g/mol. The van der Waals surface area contributed by atoms with Gasteiger partial charge in [0, 0.05) is 12.7 Å². The number of aromatic amines is 1. The van der Waals surface area contributed by atoms with Crippen molar-refractivity contribution in [1.29, 1.82) is 0 Å². The van der Waals surface area contributed by atoms with Gasteiger partial charge in [0.1, 0.15) is 11.4 Å². The van der Waals surface area contributed by atoms with Crippen molar-refractivity contribution in [3.05, 3.63) is 59.9 Å². The highest BCUT2D eigenvalue weighted by Gasteiger charge is 2.38. The first-order valence-electron chi connectivity index (χ1n) is 9.28. The predicted molar refractivity (Wildman–Crippen MR) is 108 cm³/mol. The van der Waals surface area contributed by atoms with Crippen LogP contribution in [0.4, 0.5) is 32.0 Å². The minimum Gasteiger partial charge on any atom is -0.476 e. The van der Waals surface area contributed by atoms with E-state index in [0.29, 0.717) is 5.69 Å². The third-order valence-electron chi connectivity index (χ3n) is 4.19. The average Bonchev–Trinajstić information content (AvgIpc) is 3.21. The summed E-state index contributed by atoms with van der Waals surface area (Å²) in [4.78, 5) is 21.8. The number of nitrogens with zero attached hydrogens (tertiary/aromatic N) is 3. The van der Waals surface area contributed by atoms with Crippen LogP contribution in [0.1, 0.15) is 16.2 Å². The third-order valence-corrected chi connectivity index (χ3v) is 4.19. The zero-order chi connectivity index (χ0) is 26.4. The second-order valence-electron chi connectivity index (χ2n) is 6.72. The van der Waals surface area contributed by atoms with Gasteiger partial charge in [-0.3, -0.25) is 5.10 Å². The lowest BCUT2D eigenvalue weighted by Crippen LogP contribution is -2.21. The third kappa shape index (κ3) is 8.21. The molecule has 3 rings (SSSR count). The maximum atomic E-state index is 12.2.